The van der Waals surface area contributed by atoms with E-state index >= 15 is 0 Å². The molecule has 6 heteroatoms. The number of fused-ring (bicyclic) bond motifs is 3. The van der Waals surface area contributed by atoms with Crippen molar-refractivity contribution in [3.63, 3.8) is 0 Å². The van der Waals surface area contributed by atoms with Crippen LogP contribution in [-0.4, -0.2) is 26.9 Å². The molecule has 0 aliphatic carbocycles. The Labute approximate surface area is 131 Å². The second-order valence-electron chi connectivity index (χ2n) is 5.20. The van der Waals surface area contributed by atoms with Crippen LogP contribution in [0.15, 0.2) is 53.5 Å². The number of aromatic nitrogens is 4. The molecule has 0 aliphatic rings. The number of nitrogens with zero attached hydrogens (tertiary/aromatic N) is 3. The van der Waals surface area contributed by atoms with Crippen molar-refractivity contribution in [3.8, 4) is 5.69 Å². The molecule has 0 amide bonds. The van der Waals surface area contributed by atoms with Crippen molar-refractivity contribution in [2.45, 2.75) is 6.61 Å². The van der Waals surface area contributed by atoms with Gasteiger partial charge in [-0.1, -0.05) is 18.2 Å². The molecule has 6 nitrogen and oxygen atoms in total. The van der Waals surface area contributed by atoms with Crippen molar-refractivity contribution < 1.29 is 4.74 Å². The fourth-order valence-corrected chi connectivity index (χ4v) is 2.84. The lowest BCUT2D eigenvalue weighted by Crippen LogP contribution is -2.20. The fourth-order valence-electron chi connectivity index (χ4n) is 2.84. The van der Waals surface area contributed by atoms with Gasteiger partial charge in [-0.3, -0.25) is 14.5 Å². The zero-order valence-electron chi connectivity index (χ0n) is 12.5. The average molecular weight is 306 g/mol. The first-order chi connectivity index (χ1) is 11.3. The third kappa shape index (κ3) is 2.03. The van der Waals surface area contributed by atoms with Gasteiger partial charge in [0.1, 0.15) is 11.3 Å². The molecule has 0 unspecified atom stereocenters. The van der Waals surface area contributed by atoms with Crippen LogP contribution in [0.1, 0.15) is 5.69 Å². The summed E-state index contributed by atoms with van der Waals surface area (Å²) in [6.07, 6.45) is 1.68. The summed E-state index contributed by atoms with van der Waals surface area (Å²) in [5.41, 5.74) is 2.51. The molecule has 0 atom stereocenters. The Morgan fingerprint density at radius 1 is 1.17 bits per heavy atom. The number of nitrogens with one attached hydrogen (secondary N) is 1. The summed E-state index contributed by atoms with van der Waals surface area (Å²) in [6, 6.07) is 13.3. The number of aromatic amines is 1. The van der Waals surface area contributed by atoms with Gasteiger partial charge < -0.3 is 4.74 Å². The monoisotopic (exact) mass is 306 g/mol. The van der Waals surface area contributed by atoms with Crippen molar-refractivity contribution in [2.24, 2.45) is 0 Å². The Morgan fingerprint density at radius 3 is 2.78 bits per heavy atom. The Kier molecular flexibility index (Phi) is 3.17. The van der Waals surface area contributed by atoms with Crippen LogP contribution >= 0.6 is 0 Å². The highest BCUT2D eigenvalue weighted by molar-refractivity contribution is 6.03. The summed E-state index contributed by atoms with van der Waals surface area (Å²) < 4.78 is 6.78. The molecule has 114 valence electrons. The van der Waals surface area contributed by atoms with Gasteiger partial charge in [0, 0.05) is 18.7 Å². The molecule has 4 aromatic rings. The molecule has 23 heavy (non-hydrogen) atoms. The minimum Gasteiger partial charge on any atom is -0.378 e. The van der Waals surface area contributed by atoms with Gasteiger partial charge in [-0.2, -0.15) is 5.10 Å². The highest BCUT2D eigenvalue weighted by atomic mass is 16.5. The molecule has 0 radical (unpaired) electrons. The molecule has 0 fully saturated rings. The number of H-pyrrole nitrogens is 1. The first-order valence-electron chi connectivity index (χ1n) is 7.22. The quantitative estimate of drug-likeness (QED) is 0.631. The topological polar surface area (TPSA) is 72.8 Å². The average Bonchev–Trinajstić information content (AvgIpc) is 3.01. The molecule has 1 aromatic carbocycles. The molecule has 0 saturated carbocycles. The van der Waals surface area contributed by atoms with Crippen molar-refractivity contribution in [3.05, 3.63) is 64.7 Å². The predicted octanol–water partition coefficient (Wildman–Crippen LogP) is 2.41. The second kappa shape index (κ2) is 5.33. The van der Waals surface area contributed by atoms with Crippen molar-refractivity contribution in [1.29, 1.82) is 0 Å². The molecule has 3 heterocycles. The maximum absolute atomic E-state index is 13.1. The van der Waals surface area contributed by atoms with E-state index in [1.54, 1.807) is 17.9 Å². The van der Waals surface area contributed by atoms with E-state index in [9.17, 15) is 4.79 Å². The van der Waals surface area contributed by atoms with E-state index < -0.39 is 0 Å². The highest BCUT2D eigenvalue weighted by Gasteiger charge is 2.18. The number of hydrogen-bond acceptors (Lipinski definition) is 4. The van der Waals surface area contributed by atoms with Gasteiger partial charge in [0.15, 0.2) is 0 Å². The van der Waals surface area contributed by atoms with Crippen LogP contribution in [-0.2, 0) is 11.3 Å². The molecular weight excluding hydrogens is 292 g/mol. The second-order valence-corrected chi connectivity index (χ2v) is 5.20. The zero-order chi connectivity index (χ0) is 15.8. The van der Waals surface area contributed by atoms with Crippen LogP contribution in [0.2, 0.25) is 0 Å². The summed E-state index contributed by atoms with van der Waals surface area (Å²) in [4.78, 5) is 17.5. The molecule has 1 N–H and O–H groups in total. The summed E-state index contributed by atoms with van der Waals surface area (Å²) in [5.74, 6) is 0. The molecule has 0 saturated heterocycles. The third-order valence-electron chi connectivity index (χ3n) is 3.82. The van der Waals surface area contributed by atoms with Crippen LogP contribution in [0.5, 0.6) is 0 Å². The minimum atomic E-state index is -0.154. The van der Waals surface area contributed by atoms with E-state index in [2.05, 4.69) is 15.2 Å². The molecule has 4 rings (SSSR count). The number of hydrogen-bond donors (Lipinski definition) is 1. The number of para-hydroxylation sites is 1. The summed E-state index contributed by atoms with van der Waals surface area (Å²) in [5, 5.41) is 8.58. The number of pyridine rings is 2. The smallest absolute Gasteiger partial charge is 0.268 e. The normalized spacial score (nSPS) is 11.3. The number of benzene rings is 1. The van der Waals surface area contributed by atoms with E-state index in [1.165, 1.54) is 0 Å². The number of rotatable bonds is 3. The standard InChI is InChI=1S/C17H14N4O2/c1-23-10-13-14-15(20-19-13)12-8-5-9-18-16(12)21(17(14)22)11-6-3-2-4-7-11/h2-9H,10H2,1H3,(H,19,20). The summed E-state index contributed by atoms with van der Waals surface area (Å²) >= 11 is 0. The summed E-state index contributed by atoms with van der Waals surface area (Å²) in [7, 11) is 1.58. The fraction of sp³-hybridized carbons (Fsp3) is 0.118. The lowest BCUT2D eigenvalue weighted by molar-refractivity contribution is 0.182. The van der Waals surface area contributed by atoms with E-state index in [-0.39, 0.29) is 12.2 Å². The highest BCUT2D eigenvalue weighted by Crippen LogP contribution is 2.23. The predicted molar refractivity (Wildman–Crippen MR) is 87.7 cm³/mol. The lowest BCUT2D eigenvalue weighted by Gasteiger charge is -2.10. The maximum Gasteiger partial charge on any atom is 0.268 e. The molecule has 0 aliphatic heterocycles. The van der Waals surface area contributed by atoms with Crippen LogP contribution in [0, 0.1) is 0 Å². The summed E-state index contributed by atoms with van der Waals surface area (Å²) in [6.45, 7) is 0.274. The van der Waals surface area contributed by atoms with Gasteiger partial charge in [0.2, 0.25) is 0 Å². The minimum absolute atomic E-state index is 0.154. The van der Waals surface area contributed by atoms with E-state index in [0.29, 0.717) is 22.2 Å². The van der Waals surface area contributed by atoms with Crippen LogP contribution in [0.25, 0.3) is 27.6 Å². The molecule has 0 bridgehead atoms. The van der Waals surface area contributed by atoms with E-state index in [1.807, 2.05) is 42.5 Å². The molecule has 0 spiro atoms. The Hall–Kier alpha value is -2.99. The Bertz CT molecular complexity index is 1050. The largest absolute Gasteiger partial charge is 0.378 e. The van der Waals surface area contributed by atoms with E-state index in [0.717, 1.165) is 11.1 Å². The first-order valence-corrected chi connectivity index (χ1v) is 7.22. The maximum atomic E-state index is 13.1. The van der Waals surface area contributed by atoms with Crippen LogP contribution < -0.4 is 5.56 Å². The molecular formula is C17H14N4O2. The third-order valence-corrected chi connectivity index (χ3v) is 3.82. The van der Waals surface area contributed by atoms with Gasteiger partial charge >= 0.3 is 0 Å². The molecule has 3 aromatic heterocycles. The van der Waals surface area contributed by atoms with Gasteiger partial charge in [0.05, 0.1) is 23.2 Å². The van der Waals surface area contributed by atoms with Gasteiger partial charge in [-0.25, -0.2) is 4.98 Å². The van der Waals surface area contributed by atoms with Crippen LogP contribution in [0.3, 0.4) is 0 Å². The van der Waals surface area contributed by atoms with E-state index in [4.69, 9.17) is 4.74 Å². The SMILES string of the molecule is COCc1n[nH]c2c1c(=O)n(-c1ccccc1)c1ncccc21. The Balaban J connectivity index is 2.21. The van der Waals surface area contributed by atoms with Gasteiger partial charge in [0.25, 0.3) is 5.56 Å². The lowest BCUT2D eigenvalue weighted by atomic mass is 10.1. The number of ether oxygens (including phenoxy) is 1. The van der Waals surface area contributed by atoms with Crippen molar-refractivity contribution in [2.75, 3.05) is 7.11 Å². The zero-order valence-corrected chi connectivity index (χ0v) is 12.5. The Morgan fingerprint density at radius 2 is 2.00 bits per heavy atom. The van der Waals surface area contributed by atoms with Gasteiger partial charge in [-0.05, 0) is 24.3 Å². The number of methoxy groups -OCH3 is 1. The first kappa shape index (κ1) is 13.7. The van der Waals surface area contributed by atoms with Crippen molar-refractivity contribution in [1.82, 2.24) is 19.7 Å². The van der Waals surface area contributed by atoms with Crippen LogP contribution in [0.4, 0.5) is 0 Å². The van der Waals surface area contributed by atoms with Gasteiger partial charge in [-0.15, -0.1) is 0 Å². The van der Waals surface area contributed by atoms with Crippen molar-refractivity contribution >= 4 is 21.9 Å².